The minimum atomic E-state index is -4.74. The Morgan fingerprint density at radius 1 is 1.21 bits per heavy atom. The number of carbonyl (C=O) groups excluding carboxylic acids is 1. The van der Waals surface area contributed by atoms with Crippen LogP contribution in [-0.2, 0) is 15.4 Å². The van der Waals surface area contributed by atoms with Crippen molar-refractivity contribution in [2.24, 2.45) is 5.73 Å². The highest BCUT2D eigenvalue weighted by Crippen LogP contribution is 2.39. The number of hydrogen-bond donors (Lipinski definition) is 4. The average Bonchev–Trinajstić information content (AvgIpc) is 3.30. The predicted molar refractivity (Wildman–Crippen MR) is 136 cm³/mol. The SMILES string of the molecule is N#CCC1(n2cc(C(N)=O)c(Nc3ccc(S(=O)(=O)C(F)F)cc3)n2)CCC(Nc2cccc(O)c2)CC1. The van der Waals surface area contributed by atoms with Crippen molar-refractivity contribution in [3.63, 3.8) is 0 Å². The third-order valence-corrected chi connectivity index (χ3v) is 8.09. The first-order valence-corrected chi connectivity index (χ1v) is 13.3. The molecule has 10 nitrogen and oxygen atoms in total. The lowest BCUT2D eigenvalue weighted by Gasteiger charge is -2.39. The first kappa shape index (κ1) is 26.9. The van der Waals surface area contributed by atoms with Crippen molar-refractivity contribution in [1.82, 2.24) is 9.78 Å². The number of nitrogens with two attached hydrogens (primary N) is 1. The number of sulfone groups is 1. The normalized spacial score (nSPS) is 19.6. The molecule has 1 aliphatic rings. The first-order valence-electron chi connectivity index (χ1n) is 11.8. The summed E-state index contributed by atoms with van der Waals surface area (Å²) in [6.07, 6.45) is 4.19. The van der Waals surface area contributed by atoms with E-state index in [1.165, 1.54) is 18.3 Å². The molecule has 0 saturated heterocycles. The number of nitrogens with one attached hydrogen (secondary N) is 2. The summed E-state index contributed by atoms with van der Waals surface area (Å²) in [6.45, 7) is 0. The van der Waals surface area contributed by atoms with Gasteiger partial charge < -0.3 is 21.5 Å². The summed E-state index contributed by atoms with van der Waals surface area (Å²) in [6, 6.07) is 13.8. The topological polar surface area (TPSA) is 163 Å². The monoisotopic (exact) mass is 544 g/mol. The van der Waals surface area contributed by atoms with Gasteiger partial charge in [-0.15, -0.1) is 0 Å². The number of rotatable bonds is 9. The Morgan fingerprint density at radius 2 is 1.89 bits per heavy atom. The average molecular weight is 545 g/mol. The maximum Gasteiger partial charge on any atom is 0.341 e. The molecule has 1 fully saturated rings. The van der Waals surface area contributed by atoms with Gasteiger partial charge in [0.25, 0.3) is 5.91 Å². The van der Waals surface area contributed by atoms with Gasteiger partial charge in [0, 0.05) is 29.7 Å². The fourth-order valence-electron chi connectivity index (χ4n) is 4.62. The number of benzene rings is 2. The van der Waals surface area contributed by atoms with Gasteiger partial charge in [-0.1, -0.05) is 6.07 Å². The van der Waals surface area contributed by atoms with E-state index in [4.69, 9.17) is 5.73 Å². The van der Waals surface area contributed by atoms with Crippen molar-refractivity contribution in [3.8, 4) is 11.8 Å². The molecule has 38 heavy (non-hydrogen) atoms. The summed E-state index contributed by atoms with van der Waals surface area (Å²) in [5, 5.41) is 30.1. The molecule has 0 aliphatic heterocycles. The zero-order chi connectivity index (χ0) is 27.5. The number of halogens is 2. The largest absolute Gasteiger partial charge is 0.508 e. The van der Waals surface area contributed by atoms with Crippen LogP contribution in [0.1, 0.15) is 42.5 Å². The molecule has 0 spiro atoms. The van der Waals surface area contributed by atoms with Gasteiger partial charge in [-0.2, -0.15) is 19.1 Å². The zero-order valence-electron chi connectivity index (χ0n) is 20.1. The van der Waals surface area contributed by atoms with Gasteiger partial charge in [0.1, 0.15) is 11.3 Å². The Morgan fingerprint density at radius 3 is 2.47 bits per heavy atom. The van der Waals surface area contributed by atoms with E-state index >= 15 is 0 Å². The van der Waals surface area contributed by atoms with Crippen LogP contribution >= 0.6 is 0 Å². The van der Waals surface area contributed by atoms with Crippen LogP contribution < -0.4 is 16.4 Å². The highest BCUT2D eigenvalue weighted by molar-refractivity contribution is 7.91. The molecule has 1 saturated carbocycles. The molecule has 0 radical (unpaired) electrons. The zero-order valence-corrected chi connectivity index (χ0v) is 21.0. The van der Waals surface area contributed by atoms with Gasteiger partial charge in [-0.25, -0.2) is 8.42 Å². The molecule has 1 amide bonds. The van der Waals surface area contributed by atoms with E-state index in [1.54, 1.807) is 22.9 Å². The number of nitriles is 1. The number of phenolic OH excluding ortho intramolecular Hbond substituents is 1. The van der Waals surface area contributed by atoms with Crippen molar-refractivity contribution in [2.45, 2.75) is 54.3 Å². The second kappa shape index (κ2) is 10.7. The molecule has 13 heteroatoms. The number of anilines is 3. The van der Waals surface area contributed by atoms with Crippen LogP contribution in [0.2, 0.25) is 0 Å². The second-order valence-corrected chi connectivity index (χ2v) is 11.1. The van der Waals surface area contributed by atoms with Gasteiger partial charge in [0.2, 0.25) is 9.84 Å². The lowest BCUT2D eigenvalue weighted by molar-refractivity contribution is 0.1000. The van der Waals surface area contributed by atoms with Crippen LogP contribution in [0.15, 0.2) is 59.6 Å². The van der Waals surface area contributed by atoms with Crippen LogP contribution in [0.4, 0.5) is 26.0 Å². The van der Waals surface area contributed by atoms with Crippen LogP contribution in [0, 0.1) is 11.3 Å². The minimum absolute atomic E-state index is 0.0617. The lowest BCUT2D eigenvalue weighted by atomic mass is 9.77. The molecule has 200 valence electrons. The molecule has 4 rings (SSSR count). The van der Waals surface area contributed by atoms with Gasteiger partial charge in [0.15, 0.2) is 5.82 Å². The quantitative estimate of drug-likeness (QED) is 0.313. The molecule has 0 unspecified atom stereocenters. The maximum absolute atomic E-state index is 12.8. The maximum atomic E-state index is 12.8. The van der Waals surface area contributed by atoms with Crippen molar-refractivity contribution in [2.75, 3.05) is 10.6 Å². The summed E-state index contributed by atoms with van der Waals surface area (Å²) >= 11 is 0. The summed E-state index contributed by atoms with van der Waals surface area (Å²) in [5.41, 5.74) is 6.04. The van der Waals surface area contributed by atoms with E-state index in [-0.39, 0.29) is 29.6 Å². The first-order chi connectivity index (χ1) is 18.0. The third-order valence-electron chi connectivity index (χ3n) is 6.69. The van der Waals surface area contributed by atoms with Crippen LogP contribution in [0.5, 0.6) is 5.75 Å². The fourth-order valence-corrected chi connectivity index (χ4v) is 5.34. The van der Waals surface area contributed by atoms with E-state index in [1.807, 2.05) is 6.07 Å². The van der Waals surface area contributed by atoms with E-state index in [2.05, 4.69) is 21.8 Å². The Bertz CT molecular complexity index is 1460. The predicted octanol–water partition coefficient (Wildman–Crippen LogP) is 4.09. The number of amides is 1. The highest BCUT2D eigenvalue weighted by Gasteiger charge is 2.39. The molecule has 2 aromatic carbocycles. The molecule has 0 atom stereocenters. The Kier molecular flexibility index (Phi) is 7.54. The third kappa shape index (κ3) is 5.55. The van der Waals surface area contributed by atoms with E-state index in [0.29, 0.717) is 31.4 Å². The van der Waals surface area contributed by atoms with Gasteiger partial charge in [0.05, 0.1) is 22.9 Å². The highest BCUT2D eigenvalue weighted by atomic mass is 32.2. The van der Waals surface area contributed by atoms with Crippen molar-refractivity contribution in [1.29, 1.82) is 5.26 Å². The van der Waals surface area contributed by atoms with Gasteiger partial charge in [-0.05, 0) is 62.1 Å². The standard InChI is InChI=1S/C25H26F2N6O4S/c26-24(27)38(36,37)20-6-4-16(5-7-20)31-23-21(22(29)35)15-33(32-23)25(12-13-28)10-8-17(9-11-25)30-18-2-1-3-19(34)14-18/h1-7,14-15,17,24,30,34H,8-12H2,(H2,29,35)(H,31,32). The minimum Gasteiger partial charge on any atom is -0.508 e. The molecule has 3 aromatic rings. The molecule has 5 N–H and O–H groups in total. The van der Waals surface area contributed by atoms with Crippen molar-refractivity contribution in [3.05, 3.63) is 60.3 Å². The van der Waals surface area contributed by atoms with Gasteiger partial charge in [-0.3, -0.25) is 9.48 Å². The number of carbonyl (C=O) groups is 1. The summed E-state index contributed by atoms with van der Waals surface area (Å²) in [5.74, 6) is -4.05. The number of aromatic hydroxyl groups is 1. The molecule has 1 heterocycles. The van der Waals surface area contributed by atoms with Crippen molar-refractivity contribution < 1.29 is 27.1 Å². The van der Waals surface area contributed by atoms with Crippen LogP contribution in [0.3, 0.4) is 0 Å². The molecular weight excluding hydrogens is 518 g/mol. The van der Waals surface area contributed by atoms with E-state index in [9.17, 15) is 32.4 Å². The van der Waals surface area contributed by atoms with Crippen LogP contribution in [0.25, 0.3) is 0 Å². The molecule has 0 bridgehead atoms. The number of alkyl halides is 2. The number of phenols is 1. The summed E-state index contributed by atoms with van der Waals surface area (Å²) < 4.78 is 50.5. The Labute approximate surface area is 218 Å². The lowest BCUT2D eigenvalue weighted by Crippen LogP contribution is -2.41. The van der Waals surface area contributed by atoms with Crippen LogP contribution in [-0.4, -0.2) is 41.0 Å². The smallest absolute Gasteiger partial charge is 0.341 e. The Balaban J connectivity index is 1.55. The van der Waals surface area contributed by atoms with Gasteiger partial charge >= 0.3 is 5.76 Å². The number of primary amides is 1. The molecule has 1 aromatic heterocycles. The molecular formula is C25H26F2N6O4S. The second-order valence-electron chi connectivity index (χ2n) is 9.18. The Hall–Kier alpha value is -4.18. The number of aromatic nitrogens is 2. The number of nitrogens with zero attached hydrogens (tertiary/aromatic N) is 3. The molecule has 1 aliphatic carbocycles. The fraction of sp³-hybridized carbons (Fsp3) is 0.320. The number of hydrogen-bond acceptors (Lipinski definition) is 8. The van der Waals surface area contributed by atoms with E-state index < -0.39 is 31.9 Å². The summed E-state index contributed by atoms with van der Waals surface area (Å²) in [4.78, 5) is 11.6. The van der Waals surface area contributed by atoms with E-state index in [0.717, 1.165) is 17.8 Å². The summed E-state index contributed by atoms with van der Waals surface area (Å²) in [7, 11) is -4.74. The van der Waals surface area contributed by atoms with Crippen molar-refractivity contribution >= 4 is 32.9 Å².